The zero-order valence-corrected chi connectivity index (χ0v) is 15.6. The molecule has 0 spiro atoms. The van der Waals surface area contributed by atoms with E-state index >= 15 is 0 Å². The van der Waals surface area contributed by atoms with Gasteiger partial charge in [-0.2, -0.15) is 0 Å². The zero-order valence-electron chi connectivity index (χ0n) is 14.8. The van der Waals surface area contributed by atoms with E-state index in [0.29, 0.717) is 35.0 Å². The van der Waals surface area contributed by atoms with E-state index in [1.165, 1.54) is 0 Å². The normalized spacial score (nSPS) is 17.9. The van der Waals surface area contributed by atoms with E-state index in [1.807, 2.05) is 0 Å². The molecule has 0 bridgehead atoms. The highest BCUT2D eigenvalue weighted by atomic mass is 35.5. The fraction of sp³-hybridized carbons (Fsp3) is 0.333. The number of carbonyl (C=O) groups excluding carboxylic acids is 1. The average molecular weight is 405 g/mol. The van der Waals surface area contributed by atoms with Crippen LogP contribution in [0.3, 0.4) is 0 Å². The van der Waals surface area contributed by atoms with Gasteiger partial charge in [0.2, 0.25) is 0 Å². The van der Waals surface area contributed by atoms with Gasteiger partial charge in [0.1, 0.15) is 5.65 Å². The lowest BCUT2D eigenvalue weighted by Crippen LogP contribution is -2.24. The first-order chi connectivity index (χ1) is 13.6. The number of nitrogens with one attached hydrogen (secondary N) is 3. The third kappa shape index (κ3) is 3.99. The van der Waals surface area contributed by atoms with E-state index in [0.717, 1.165) is 24.4 Å². The number of nitrogens with zero attached hydrogens (tertiary/aromatic N) is 3. The summed E-state index contributed by atoms with van der Waals surface area (Å²) >= 11 is 6.04. The van der Waals surface area contributed by atoms with E-state index in [-0.39, 0.29) is 18.5 Å². The van der Waals surface area contributed by atoms with Crippen LogP contribution in [0.25, 0.3) is 22.4 Å². The molecule has 1 aliphatic rings. The number of carbonyl (C=O) groups is 1. The number of amides is 1. The summed E-state index contributed by atoms with van der Waals surface area (Å²) in [5.41, 5.74) is 1.33. The highest BCUT2D eigenvalue weighted by Gasteiger charge is 2.18. The molecular formula is C18H18ClFN6O2. The molecule has 0 radical (unpaired) electrons. The van der Waals surface area contributed by atoms with Crippen LogP contribution in [0.15, 0.2) is 24.7 Å². The predicted octanol–water partition coefficient (Wildman–Crippen LogP) is 3.50. The van der Waals surface area contributed by atoms with Crippen molar-refractivity contribution < 1.29 is 13.9 Å². The number of aromatic nitrogens is 4. The molecule has 3 aromatic heterocycles. The summed E-state index contributed by atoms with van der Waals surface area (Å²) in [6, 6.07) is 1.68. The average Bonchev–Trinajstić information content (AvgIpc) is 3.12. The molecule has 0 unspecified atom stereocenters. The fourth-order valence-corrected chi connectivity index (χ4v) is 3.28. The molecule has 3 aromatic rings. The van der Waals surface area contributed by atoms with Gasteiger partial charge in [-0.25, -0.2) is 24.1 Å². The van der Waals surface area contributed by atoms with Gasteiger partial charge in [-0.05, 0) is 18.9 Å². The van der Waals surface area contributed by atoms with Crippen molar-refractivity contribution in [2.75, 3.05) is 18.5 Å². The zero-order chi connectivity index (χ0) is 19.5. The number of hydrogen-bond donors (Lipinski definition) is 3. The summed E-state index contributed by atoms with van der Waals surface area (Å²) in [6.45, 7) is 0.757. The molecule has 0 saturated carbocycles. The van der Waals surface area contributed by atoms with E-state index in [9.17, 15) is 9.18 Å². The van der Waals surface area contributed by atoms with Gasteiger partial charge in [-0.3, -0.25) is 0 Å². The van der Waals surface area contributed by atoms with Crippen molar-refractivity contribution in [3.8, 4) is 11.4 Å². The molecule has 4 rings (SSSR count). The van der Waals surface area contributed by atoms with E-state index in [2.05, 4.69) is 30.6 Å². The highest BCUT2D eigenvalue weighted by Crippen LogP contribution is 2.28. The summed E-state index contributed by atoms with van der Waals surface area (Å²) in [5, 5.41) is 7.03. The maximum Gasteiger partial charge on any atom is 0.407 e. The van der Waals surface area contributed by atoms with Crippen LogP contribution >= 0.6 is 11.6 Å². The SMILES string of the molecule is O=C1NCCC[C@H](Nc2nc(-c3c[nH]c4ncc(Cl)cc34)ncc2F)CCO1. The largest absolute Gasteiger partial charge is 0.449 e. The number of cyclic esters (lactones) is 1. The van der Waals surface area contributed by atoms with Crippen LogP contribution in [-0.2, 0) is 4.74 Å². The van der Waals surface area contributed by atoms with Crippen LogP contribution in [0, 0.1) is 5.82 Å². The predicted molar refractivity (Wildman–Crippen MR) is 103 cm³/mol. The van der Waals surface area contributed by atoms with Gasteiger partial charge in [-0.15, -0.1) is 0 Å². The Labute approximate surface area is 164 Å². The number of aromatic amines is 1. The molecule has 3 N–H and O–H groups in total. The lowest BCUT2D eigenvalue weighted by atomic mass is 10.1. The molecule has 1 aliphatic heterocycles. The van der Waals surface area contributed by atoms with Crippen molar-refractivity contribution in [3.63, 3.8) is 0 Å². The van der Waals surface area contributed by atoms with Crippen LogP contribution < -0.4 is 10.6 Å². The first-order valence-electron chi connectivity index (χ1n) is 8.93. The monoisotopic (exact) mass is 404 g/mol. The summed E-state index contributed by atoms with van der Waals surface area (Å²) in [6.07, 6.45) is 6.02. The molecule has 10 heteroatoms. The molecule has 1 amide bonds. The van der Waals surface area contributed by atoms with E-state index in [4.69, 9.17) is 16.3 Å². The molecule has 0 aromatic carbocycles. The van der Waals surface area contributed by atoms with Gasteiger partial charge in [0.05, 0.1) is 17.8 Å². The van der Waals surface area contributed by atoms with Crippen molar-refractivity contribution in [1.29, 1.82) is 0 Å². The maximum absolute atomic E-state index is 14.3. The fourth-order valence-electron chi connectivity index (χ4n) is 3.13. The Morgan fingerprint density at radius 1 is 1.29 bits per heavy atom. The third-order valence-corrected chi connectivity index (χ3v) is 4.73. The van der Waals surface area contributed by atoms with Gasteiger partial charge in [0, 0.05) is 42.4 Å². The molecule has 4 heterocycles. The molecule has 1 fully saturated rings. The van der Waals surface area contributed by atoms with Crippen LogP contribution in [0.1, 0.15) is 19.3 Å². The molecule has 8 nitrogen and oxygen atoms in total. The Morgan fingerprint density at radius 2 is 2.18 bits per heavy atom. The quantitative estimate of drug-likeness (QED) is 0.617. The van der Waals surface area contributed by atoms with Crippen molar-refractivity contribution in [3.05, 3.63) is 35.5 Å². The van der Waals surface area contributed by atoms with Crippen LogP contribution in [-0.4, -0.2) is 45.2 Å². The Hall–Kier alpha value is -2.94. The maximum atomic E-state index is 14.3. The third-order valence-electron chi connectivity index (χ3n) is 4.52. The van der Waals surface area contributed by atoms with Gasteiger partial charge < -0.3 is 20.4 Å². The number of anilines is 1. The summed E-state index contributed by atoms with van der Waals surface area (Å²) in [5.74, 6) is -0.0806. The molecular weight excluding hydrogens is 387 g/mol. The van der Waals surface area contributed by atoms with Crippen molar-refractivity contribution in [1.82, 2.24) is 25.3 Å². The minimum atomic E-state index is -0.547. The Kier molecular flexibility index (Phi) is 5.25. The Balaban J connectivity index is 1.59. The summed E-state index contributed by atoms with van der Waals surface area (Å²) in [7, 11) is 0. The lowest BCUT2D eigenvalue weighted by molar-refractivity contribution is 0.145. The Morgan fingerprint density at radius 3 is 3.07 bits per heavy atom. The number of fused-ring (bicyclic) bond motifs is 1. The second-order valence-electron chi connectivity index (χ2n) is 6.48. The van der Waals surface area contributed by atoms with Gasteiger partial charge in [0.25, 0.3) is 0 Å². The van der Waals surface area contributed by atoms with Crippen LogP contribution in [0.5, 0.6) is 0 Å². The molecule has 1 saturated heterocycles. The number of ether oxygens (including phenoxy) is 1. The van der Waals surface area contributed by atoms with Gasteiger partial charge in [-0.1, -0.05) is 11.6 Å². The molecule has 0 aliphatic carbocycles. The number of H-pyrrole nitrogens is 1. The number of alkyl carbamates (subject to hydrolysis) is 1. The molecule has 146 valence electrons. The summed E-state index contributed by atoms with van der Waals surface area (Å²) in [4.78, 5) is 27.1. The smallest absolute Gasteiger partial charge is 0.407 e. The van der Waals surface area contributed by atoms with Crippen molar-refractivity contribution >= 4 is 34.5 Å². The minimum Gasteiger partial charge on any atom is -0.449 e. The van der Waals surface area contributed by atoms with Crippen LogP contribution in [0.4, 0.5) is 15.0 Å². The number of hydrogen-bond acceptors (Lipinski definition) is 6. The number of halogens is 2. The minimum absolute atomic E-state index is 0.0796. The van der Waals surface area contributed by atoms with Crippen molar-refractivity contribution in [2.24, 2.45) is 0 Å². The van der Waals surface area contributed by atoms with Gasteiger partial charge >= 0.3 is 6.09 Å². The van der Waals surface area contributed by atoms with Crippen molar-refractivity contribution in [2.45, 2.75) is 25.3 Å². The number of rotatable bonds is 3. The first kappa shape index (κ1) is 18.4. The van der Waals surface area contributed by atoms with Crippen LogP contribution in [0.2, 0.25) is 5.02 Å². The highest BCUT2D eigenvalue weighted by molar-refractivity contribution is 6.31. The second kappa shape index (κ2) is 7.97. The standard InChI is InChI=1S/C18H18ClFN6O2/c19-10-6-12-13(8-23-15(12)22-7-10)16-24-9-14(20)17(26-16)25-11-2-1-4-21-18(27)28-5-3-11/h6-9,11H,1-5H2,(H,21,27)(H,22,23)(H,24,25,26)/t11-/m0/s1. The van der Waals surface area contributed by atoms with E-state index in [1.54, 1.807) is 18.5 Å². The molecule has 1 atom stereocenters. The van der Waals surface area contributed by atoms with Gasteiger partial charge in [0.15, 0.2) is 17.5 Å². The number of pyridine rings is 1. The summed E-state index contributed by atoms with van der Waals surface area (Å²) < 4.78 is 19.4. The first-order valence-corrected chi connectivity index (χ1v) is 9.30. The Bertz CT molecular complexity index is 1010. The molecule has 28 heavy (non-hydrogen) atoms. The lowest BCUT2D eigenvalue weighted by Gasteiger charge is -2.18. The second-order valence-corrected chi connectivity index (χ2v) is 6.91. The topological polar surface area (TPSA) is 105 Å². The van der Waals surface area contributed by atoms with E-state index < -0.39 is 11.9 Å².